The highest BCUT2D eigenvalue weighted by molar-refractivity contribution is 5.97. The third-order valence-electron chi connectivity index (χ3n) is 5.42. The molecule has 2 heterocycles. The summed E-state index contributed by atoms with van der Waals surface area (Å²) in [6.45, 7) is 4.35. The third kappa shape index (κ3) is 4.48. The fraction of sp³-hybridized carbons (Fsp3) is 0.364. The summed E-state index contributed by atoms with van der Waals surface area (Å²) in [5.74, 6) is 1.00. The maximum absolute atomic E-state index is 13.1. The maximum Gasteiger partial charge on any atom is 0.265 e. The van der Waals surface area contributed by atoms with Gasteiger partial charge in [0, 0.05) is 45.0 Å². The highest BCUT2D eigenvalue weighted by atomic mass is 19.1. The average Bonchev–Trinajstić information content (AvgIpc) is 2.78. The van der Waals surface area contributed by atoms with E-state index in [9.17, 15) is 9.18 Å². The van der Waals surface area contributed by atoms with Crippen molar-refractivity contribution in [3.8, 4) is 5.75 Å². The SMILES string of the molecule is NC(=NCCCN1C(=O)COc2ccccc21)N1CCN(c2ccc(F)cc2)CC1. The second kappa shape index (κ2) is 9.02. The minimum Gasteiger partial charge on any atom is -0.482 e. The molecule has 2 aliphatic rings. The van der Waals surface area contributed by atoms with Crippen molar-refractivity contribution in [1.82, 2.24) is 4.90 Å². The molecule has 0 saturated carbocycles. The first-order valence-electron chi connectivity index (χ1n) is 10.2. The lowest BCUT2D eigenvalue weighted by molar-refractivity contribution is -0.121. The number of para-hydroxylation sites is 2. The van der Waals surface area contributed by atoms with Gasteiger partial charge in [0.25, 0.3) is 5.91 Å². The van der Waals surface area contributed by atoms with E-state index in [0.717, 1.165) is 49.7 Å². The Bertz CT molecular complexity index is 910. The average molecular weight is 411 g/mol. The zero-order valence-corrected chi connectivity index (χ0v) is 16.8. The van der Waals surface area contributed by atoms with Gasteiger partial charge in [-0.1, -0.05) is 12.1 Å². The number of nitrogens with zero attached hydrogens (tertiary/aromatic N) is 4. The Balaban J connectivity index is 1.25. The van der Waals surface area contributed by atoms with E-state index < -0.39 is 0 Å². The standard InChI is InChI=1S/C22H26FN5O2/c23-17-6-8-18(9-7-17)26-12-14-27(15-13-26)22(24)25-10-3-11-28-19-4-1-2-5-20(19)30-16-21(28)29/h1-2,4-9H,3,10-16H2,(H2,24,25). The van der Waals surface area contributed by atoms with Crippen molar-refractivity contribution in [1.29, 1.82) is 0 Å². The third-order valence-corrected chi connectivity index (χ3v) is 5.42. The van der Waals surface area contributed by atoms with E-state index in [1.807, 2.05) is 24.3 Å². The number of benzene rings is 2. The number of carbonyl (C=O) groups excluding carboxylic acids is 1. The van der Waals surface area contributed by atoms with Crippen molar-refractivity contribution in [2.45, 2.75) is 6.42 Å². The van der Waals surface area contributed by atoms with Crippen LogP contribution in [0.15, 0.2) is 53.5 Å². The number of hydrogen-bond acceptors (Lipinski definition) is 4. The molecule has 0 atom stereocenters. The molecule has 4 rings (SSSR count). The van der Waals surface area contributed by atoms with Gasteiger partial charge in [0.2, 0.25) is 0 Å². The number of rotatable bonds is 5. The maximum atomic E-state index is 13.1. The Labute approximate surface area is 175 Å². The van der Waals surface area contributed by atoms with Crippen LogP contribution in [0.3, 0.4) is 0 Å². The summed E-state index contributed by atoms with van der Waals surface area (Å²) in [5.41, 5.74) is 8.01. The van der Waals surface area contributed by atoms with Crippen LogP contribution in [0.2, 0.25) is 0 Å². The lowest BCUT2D eigenvalue weighted by Crippen LogP contribution is -2.51. The van der Waals surface area contributed by atoms with Crippen LogP contribution in [0.5, 0.6) is 5.75 Å². The molecule has 1 saturated heterocycles. The van der Waals surface area contributed by atoms with Gasteiger partial charge in [0.05, 0.1) is 5.69 Å². The molecule has 1 fully saturated rings. The number of amides is 1. The van der Waals surface area contributed by atoms with Gasteiger partial charge in [-0.3, -0.25) is 9.79 Å². The highest BCUT2D eigenvalue weighted by Gasteiger charge is 2.24. The summed E-state index contributed by atoms with van der Waals surface area (Å²) in [4.78, 5) is 22.7. The second-order valence-electron chi connectivity index (χ2n) is 7.35. The predicted molar refractivity (Wildman–Crippen MR) is 116 cm³/mol. The number of halogens is 1. The Morgan fingerprint density at radius 2 is 1.80 bits per heavy atom. The van der Waals surface area contributed by atoms with E-state index in [2.05, 4.69) is 14.8 Å². The fourth-order valence-corrected chi connectivity index (χ4v) is 3.77. The van der Waals surface area contributed by atoms with Crippen molar-refractivity contribution >= 4 is 23.2 Å². The lowest BCUT2D eigenvalue weighted by atomic mass is 10.2. The second-order valence-corrected chi connectivity index (χ2v) is 7.35. The first kappa shape index (κ1) is 20.0. The normalized spacial score (nSPS) is 17.0. The van der Waals surface area contributed by atoms with Gasteiger partial charge < -0.3 is 25.2 Å². The van der Waals surface area contributed by atoms with Gasteiger partial charge in [-0.15, -0.1) is 0 Å². The fourth-order valence-electron chi connectivity index (χ4n) is 3.77. The van der Waals surface area contributed by atoms with E-state index >= 15 is 0 Å². The Morgan fingerprint density at radius 3 is 2.57 bits per heavy atom. The van der Waals surface area contributed by atoms with Crippen LogP contribution in [0.25, 0.3) is 0 Å². The molecular formula is C22H26FN5O2. The minimum atomic E-state index is -0.226. The first-order valence-corrected chi connectivity index (χ1v) is 10.2. The van der Waals surface area contributed by atoms with Gasteiger partial charge in [-0.05, 0) is 42.8 Å². The number of ether oxygens (including phenoxy) is 1. The van der Waals surface area contributed by atoms with E-state index in [-0.39, 0.29) is 18.3 Å². The van der Waals surface area contributed by atoms with Crippen molar-refractivity contribution in [2.24, 2.45) is 10.7 Å². The van der Waals surface area contributed by atoms with Crippen molar-refractivity contribution in [3.63, 3.8) is 0 Å². The van der Waals surface area contributed by atoms with Crippen LogP contribution in [0, 0.1) is 5.82 Å². The van der Waals surface area contributed by atoms with Crippen LogP contribution in [0.1, 0.15) is 6.42 Å². The largest absolute Gasteiger partial charge is 0.482 e. The van der Waals surface area contributed by atoms with Crippen molar-refractivity contribution in [3.05, 3.63) is 54.3 Å². The molecule has 7 nitrogen and oxygen atoms in total. The molecule has 0 spiro atoms. The number of carbonyl (C=O) groups is 1. The van der Waals surface area contributed by atoms with Gasteiger partial charge in [0.15, 0.2) is 12.6 Å². The summed E-state index contributed by atoms with van der Waals surface area (Å²) < 4.78 is 18.6. The summed E-state index contributed by atoms with van der Waals surface area (Å²) in [6.07, 6.45) is 0.719. The van der Waals surface area contributed by atoms with Gasteiger partial charge in [-0.2, -0.15) is 0 Å². The molecule has 0 unspecified atom stereocenters. The number of fused-ring (bicyclic) bond motifs is 1. The Kier molecular flexibility index (Phi) is 6.02. The van der Waals surface area contributed by atoms with Crippen LogP contribution in [-0.2, 0) is 4.79 Å². The molecule has 2 aromatic rings. The summed E-state index contributed by atoms with van der Waals surface area (Å²) in [5, 5.41) is 0. The molecular weight excluding hydrogens is 385 g/mol. The first-order chi connectivity index (χ1) is 14.6. The van der Waals surface area contributed by atoms with E-state index in [1.54, 1.807) is 17.0 Å². The molecule has 2 aliphatic heterocycles. The molecule has 30 heavy (non-hydrogen) atoms. The highest BCUT2D eigenvalue weighted by Crippen LogP contribution is 2.31. The topological polar surface area (TPSA) is 74.4 Å². The van der Waals surface area contributed by atoms with Crippen LogP contribution in [0.4, 0.5) is 15.8 Å². The van der Waals surface area contributed by atoms with Crippen LogP contribution < -0.4 is 20.3 Å². The smallest absolute Gasteiger partial charge is 0.265 e. The number of aliphatic imine (C=N–C) groups is 1. The number of guanidine groups is 1. The molecule has 0 bridgehead atoms. The van der Waals surface area contributed by atoms with Crippen LogP contribution in [-0.4, -0.2) is 62.6 Å². The minimum absolute atomic E-state index is 0.0393. The lowest BCUT2D eigenvalue weighted by Gasteiger charge is -2.36. The summed E-state index contributed by atoms with van der Waals surface area (Å²) in [7, 11) is 0. The molecule has 8 heteroatoms. The molecule has 158 valence electrons. The molecule has 0 aromatic heterocycles. The monoisotopic (exact) mass is 411 g/mol. The summed E-state index contributed by atoms with van der Waals surface area (Å²) >= 11 is 0. The van der Waals surface area contributed by atoms with Crippen LogP contribution >= 0.6 is 0 Å². The summed E-state index contributed by atoms with van der Waals surface area (Å²) in [6, 6.07) is 14.1. The Morgan fingerprint density at radius 1 is 1.07 bits per heavy atom. The number of nitrogens with two attached hydrogens (primary N) is 1. The van der Waals surface area contributed by atoms with Gasteiger partial charge >= 0.3 is 0 Å². The Hall–Kier alpha value is -3.29. The van der Waals surface area contributed by atoms with E-state index in [1.165, 1.54) is 12.1 Å². The van der Waals surface area contributed by atoms with Gasteiger partial charge in [0.1, 0.15) is 11.6 Å². The van der Waals surface area contributed by atoms with E-state index in [0.29, 0.717) is 19.0 Å². The number of anilines is 2. The van der Waals surface area contributed by atoms with E-state index in [4.69, 9.17) is 10.5 Å². The number of piperazine rings is 1. The molecule has 2 aromatic carbocycles. The predicted octanol–water partition coefficient (Wildman–Crippen LogP) is 2.08. The quantitative estimate of drug-likeness (QED) is 0.463. The zero-order chi connectivity index (χ0) is 20.9. The zero-order valence-electron chi connectivity index (χ0n) is 16.8. The van der Waals surface area contributed by atoms with Crippen molar-refractivity contribution in [2.75, 3.05) is 55.7 Å². The van der Waals surface area contributed by atoms with Crippen molar-refractivity contribution < 1.29 is 13.9 Å². The molecule has 0 aliphatic carbocycles. The van der Waals surface area contributed by atoms with Gasteiger partial charge in [-0.25, -0.2) is 4.39 Å². The molecule has 0 radical (unpaired) electrons. The molecule has 1 amide bonds. The molecule has 2 N–H and O–H groups in total. The number of hydrogen-bond donors (Lipinski definition) is 1.